The van der Waals surface area contributed by atoms with Gasteiger partial charge >= 0.3 is 0 Å². The molecule has 0 amide bonds. The zero-order valence-electron chi connectivity index (χ0n) is 11.7. The summed E-state index contributed by atoms with van der Waals surface area (Å²) >= 11 is 0. The molecule has 0 aromatic carbocycles. The highest BCUT2D eigenvalue weighted by atomic mass is 15.1. The standard InChI is InChI=1S/C14H32N2/c1-4-6-8-9-11-15-12-14-16(3)13-10-7-5-2/h15H,4-14H2,1-3H3. The van der Waals surface area contributed by atoms with Crippen molar-refractivity contribution in [3.05, 3.63) is 0 Å². The third kappa shape index (κ3) is 12.0. The molecule has 0 bridgehead atoms. The number of nitrogens with one attached hydrogen (secondary N) is 1. The molecule has 16 heavy (non-hydrogen) atoms. The van der Waals surface area contributed by atoms with Gasteiger partial charge in [-0.3, -0.25) is 0 Å². The van der Waals surface area contributed by atoms with Crippen molar-refractivity contribution in [2.24, 2.45) is 0 Å². The van der Waals surface area contributed by atoms with Crippen LogP contribution in [-0.4, -0.2) is 38.1 Å². The molecule has 0 aliphatic carbocycles. The van der Waals surface area contributed by atoms with Crippen LogP contribution in [0.5, 0.6) is 0 Å². The second kappa shape index (κ2) is 13.0. The Balaban J connectivity index is 3.06. The van der Waals surface area contributed by atoms with E-state index in [1.54, 1.807) is 0 Å². The lowest BCUT2D eigenvalue weighted by Crippen LogP contribution is -2.30. The van der Waals surface area contributed by atoms with E-state index in [4.69, 9.17) is 0 Å². The molecule has 0 fully saturated rings. The van der Waals surface area contributed by atoms with Gasteiger partial charge in [0.25, 0.3) is 0 Å². The molecule has 1 N–H and O–H groups in total. The molecule has 0 unspecified atom stereocenters. The Morgan fingerprint density at radius 3 is 2.12 bits per heavy atom. The van der Waals surface area contributed by atoms with Gasteiger partial charge < -0.3 is 10.2 Å². The van der Waals surface area contributed by atoms with E-state index in [1.165, 1.54) is 64.6 Å². The first-order valence-electron chi connectivity index (χ1n) is 7.20. The average Bonchev–Trinajstić information content (AvgIpc) is 2.28. The summed E-state index contributed by atoms with van der Waals surface area (Å²) in [5.41, 5.74) is 0. The minimum absolute atomic E-state index is 1.15. The van der Waals surface area contributed by atoms with Crippen molar-refractivity contribution >= 4 is 0 Å². The third-order valence-electron chi connectivity index (χ3n) is 3.02. The van der Waals surface area contributed by atoms with Crippen LogP contribution < -0.4 is 5.32 Å². The summed E-state index contributed by atoms with van der Waals surface area (Å²) in [6.45, 7) is 9.32. The first-order valence-corrected chi connectivity index (χ1v) is 7.20. The first-order chi connectivity index (χ1) is 7.81. The Hall–Kier alpha value is -0.0800. The van der Waals surface area contributed by atoms with Gasteiger partial charge in [-0.25, -0.2) is 0 Å². The van der Waals surface area contributed by atoms with E-state index in [0.29, 0.717) is 0 Å². The van der Waals surface area contributed by atoms with Crippen LogP contribution in [-0.2, 0) is 0 Å². The first kappa shape index (κ1) is 15.9. The predicted octanol–water partition coefficient (Wildman–Crippen LogP) is 3.28. The van der Waals surface area contributed by atoms with Gasteiger partial charge in [0, 0.05) is 13.1 Å². The van der Waals surface area contributed by atoms with Crippen molar-refractivity contribution in [1.29, 1.82) is 0 Å². The lowest BCUT2D eigenvalue weighted by Gasteiger charge is -2.16. The van der Waals surface area contributed by atoms with Gasteiger partial charge in [0.2, 0.25) is 0 Å². The fraction of sp³-hybridized carbons (Fsp3) is 1.00. The lowest BCUT2D eigenvalue weighted by atomic mass is 10.2. The molecule has 0 rings (SSSR count). The number of nitrogens with zero attached hydrogens (tertiary/aromatic N) is 1. The van der Waals surface area contributed by atoms with Crippen LogP contribution in [0.4, 0.5) is 0 Å². The van der Waals surface area contributed by atoms with Crippen molar-refractivity contribution < 1.29 is 0 Å². The highest BCUT2D eigenvalue weighted by Gasteiger charge is 1.96. The molecule has 0 aliphatic rings. The number of likely N-dealkylation sites (N-methyl/N-ethyl adjacent to an activating group) is 1. The van der Waals surface area contributed by atoms with Crippen molar-refractivity contribution in [3.8, 4) is 0 Å². The van der Waals surface area contributed by atoms with E-state index in [-0.39, 0.29) is 0 Å². The fourth-order valence-electron chi connectivity index (χ4n) is 1.82. The van der Waals surface area contributed by atoms with Crippen LogP contribution in [0.1, 0.15) is 58.8 Å². The van der Waals surface area contributed by atoms with Crippen molar-refractivity contribution in [3.63, 3.8) is 0 Å². The summed E-state index contributed by atoms with van der Waals surface area (Å²) in [6, 6.07) is 0. The molecule has 2 nitrogen and oxygen atoms in total. The zero-order valence-corrected chi connectivity index (χ0v) is 11.7. The zero-order chi connectivity index (χ0) is 12.1. The normalized spacial score (nSPS) is 11.2. The summed E-state index contributed by atoms with van der Waals surface area (Å²) in [5, 5.41) is 3.52. The van der Waals surface area contributed by atoms with Gasteiger partial charge in [-0.1, -0.05) is 46.0 Å². The summed E-state index contributed by atoms with van der Waals surface area (Å²) in [7, 11) is 2.23. The second-order valence-electron chi connectivity index (χ2n) is 4.82. The van der Waals surface area contributed by atoms with E-state index >= 15 is 0 Å². The van der Waals surface area contributed by atoms with Crippen LogP contribution in [0.3, 0.4) is 0 Å². The maximum atomic E-state index is 3.52. The van der Waals surface area contributed by atoms with Crippen LogP contribution in [0.25, 0.3) is 0 Å². The van der Waals surface area contributed by atoms with Crippen LogP contribution in [0, 0.1) is 0 Å². The molecule has 0 saturated heterocycles. The van der Waals surface area contributed by atoms with E-state index in [9.17, 15) is 0 Å². The van der Waals surface area contributed by atoms with Crippen molar-refractivity contribution in [2.75, 3.05) is 33.2 Å². The summed E-state index contributed by atoms with van der Waals surface area (Å²) in [4.78, 5) is 2.44. The number of unbranched alkanes of at least 4 members (excludes halogenated alkanes) is 5. The summed E-state index contributed by atoms with van der Waals surface area (Å²) < 4.78 is 0. The van der Waals surface area contributed by atoms with Gasteiger partial charge in [-0.2, -0.15) is 0 Å². The third-order valence-corrected chi connectivity index (χ3v) is 3.02. The van der Waals surface area contributed by atoms with Gasteiger partial charge in [0.1, 0.15) is 0 Å². The van der Waals surface area contributed by atoms with E-state index in [1.807, 2.05) is 0 Å². The highest BCUT2D eigenvalue weighted by Crippen LogP contribution is 1.97. The molecule has 0 radical (unpaired) electrons. The number of hydrogen-bond donors (Lipinski definition) is 1. The Bertz CT molecular complexity index is 126. The monoisotopic (exact) mass is 228 g/mol. The SMILES string of the molecule is CCCCCCNCCN(C)CCCCC. The fourth-order valence-corrected chi connectivity index (χ4v) is 1.82. The lowest BCUT2D eigenvalue weighted by molar-refractivity contribution is 0.323. The topological polar surface area (TPSA) is 15.3 Å². The second-order valence-corrected chi connectivity index (χ2v) is 4.82. The molecule has 0 atom stereocenters. The maximum absolute atomic E-state index is 3.52. The molecule has 0 aromatic rings. The van der Waals surface area contributed by atoms with Gasteiger partial charge in [0.15, 0.2) is 0 Å². The van der Waals surface area contributed by atoms with Crippen LogP contribution in [0.15, 0.2) is 0 Å². The van der Waals surface area contributed by atoms with E-state index < -0.39 is 0 Å². The molecule has 0 spiro atoms. The molecule has 0 aliphatic heterocycles. The van der Waals surface area contributed by atoms with Gasteiger partial charge in [-0.05, 0) is 33.0 Å². The minimum atomic E-state index is 1.15. The van der Waals surface area contributed by atoms with Crippen molar-refractivity contribution in [1.82, 2.24) is 10.2 Å². The quantitative estimate of drug-likeness (QED) is 0.516. The molecular weight excluding hydrogens is 196 g/mol. The van der Waals surface area contributed by atoms with Gasteiger partial charge in [0.05, 0.1) is 0 Å². The largest absolute Gasteiger partial charge is 0.315 e. The smallest absolute Gasteiger partial charge is 0.0104 e. The molecule has 0 saturated carbocycles. The minimum Gasteiger partial charge on any atom is -0.315 e. The summed E-state index contributed by atoms with van der Waals surface area (Å²) in [5.74, 6) is 0. The van der Waals surface area contributed by atoms with Crippen LogP contribution >= 0.6 is 0 Å². The maximum Gasteiger partial charge on any atom is 0.0104 e. The Kier molecular flexibility index (Phi) is 12.9. The molecule has 98 valence electrons. The Labute approximate surface area is 103 Å². The molecule has 2 heteroatoms. The van der Waals surface area contributed by atoms with Crippen LogP contribution in [0.2, 0.25) is 0 Å². The highest BCUT2D eigenvalue weighted by molar-refractivity contribution is 4.55. The van der Waals surface area contributed by atoms with Crippen molar-refractivity contribution in [2.45, 2.75) is 58.8 Å². The number of rotatable bonds is 12. The number of hydrogen-bond acceptors (Lipinski definition) is 2. The van der Waals surface area contributed by atoms with Gasteiger partial charge in [-0.15, -0.1) is 0 Å². The molecule has 0 heterocycles. The summed E-state index contributed by atoms with van der Waals surface area (Å²) in [6.07, 6.45) is 9.49. The average molecular weight is 228 g/mol. The Morgan fingerprint density at radius 2 is 1.44 bits per heavy atom. The molecule has 0 aromatic heterocycles. The molecular formula is C14H32N2. The van der Waals surface area contributed by atoms with E-state index in [0.717, 1.165) is 6.54 Å². The van der Waals surface area contributed by atoms with E-state index in [2.05, 4.69) is 31.1 Å². The Morgan fingerprint density at radius 1 is 0.750 bits per heavy atom. The predicted molar refractivity (Wildman–Crippen MR) is 74.0 cm³/mol.